The minimum absolute atomic E-state index is 0.719. The molecule has 0 fully saturated rings. The molecule has 2 heterocycles. The Labute approximate surface area is 113 Å². The fraction of sp³-hybridized carbons (Fsp3) is 0.0714. The van der Waals surface area contributed by atoms with Crippen LogP contribution in [0.1, 0.15) is 5.56 Å². The normalized spacial score (nSPS) is 10.8. The van der Waals surface area contributed by atoms with Crippen LogP contribution in [0, 0.1) is 6.92 Å². The third-order valence-electron chi connectivity index (χ3n) is 2.82. The van der Waals surface area contributed by atoms with Crippen LogP contribution in [0.4, 0.5) is 0 Å². The fourth-order valence-electron chi connectivity index (χ4n) is 1.74. The largest absolute Gasteiger partial charge is 0.262 e. The second-order valence-corrected chi connectivity index (χ2v) is 4.95. The molecule has 2 aromatic heterocycles. The minimum Gasteiger partial charge on any atom is -0.262 e. The van der Waals surface area contributed by atoms with Gasteiger partial charge < -0.3 is 0 Å². The summed E-state index contributed by atoms with van der Waals surface area (Å²) in [6, 6.07) is 8.02. The molecule has 0 saturated heterocycles. The van der Waals surface area contributed by atoms with Gasteiger partial charge in [0.25, 0.3) is 0 Å². The standard InChI is InChI=1S/C14H10BrN3/c1-9-2-3-10(6-12(9)15)14-17-7-11-4-5-16-8-13(11)18-14/h2-8H,1H3. The van der Waals surface area contributed by atoms with Crippen molar-refractivity contribution >= 4 is 26.8 Å². The summed E-state index contributed by atoms with van der Waals surface area (Å²) in [7, 11) is 0. The first-order valence-corrected chi connectivity index (χ1v) is 6.36. The molecule has 0 N–H and O–H groups in total. The van der Waals surface area contributed by atoms with Crippen molar-refractivity contribution in [3.63, 3.8) is 0 Å². The Balaban J connectivity index is 2.16. The van der Waals surface area contributed by atoms with Gasteiger partial charge >= 0.3 is 0 Å². The maximum Gasteiger partial charge on any atom is 0.159 e. The number of aryl methyl sites for hydroxylation is 1. The topological polar surface area (TPSA) is 38.7 Å². The number of halogens is 1. The van der Waals surface area contributed by atoms with Gasteiger partial charge in [-0.1, -0.05) is 28.1 Å². The first-order chi connectivity index (χ1) is 8.74. The summed E-state index contributed by atoms with van der Waals surface area (Å²) in [4.78, 5) is 13.0. The van der Waals surface area contributed by atoms with Gasteiger partial charge in [-0.05, 0) is 24.6 Å². The van der Waals surface area contributed by atoms with Gasteiger partial charge in [0.2, 0.25) is 0 Å². The predicted molar refractivity (Wildman–Crippen MR) is 75.2 cm³/mol. The van der Waals surface area contributed by atoms with E-state index in [9.17, 15) is 0 Å². The highest BCUT2D eigenvalue weighted by Crippen LogP contribution is 2.24. The molecule has 88 valence electrons. The zero-order chi connectivity index (χ0) is 12.5. The number of hydrogen-bond donors (Lipinski definition) is 0. The van der Waals surface area contributed by atoms with Crippen LogP contribution in [0.25, 0.3) is 22.3 Å². The van der Waals surface area contributed by atoms with E-state index in [4.69, 9.17) is 0 Å². The highest BCUT2D eigenvalue weighted by atomic mass is 79.9. The van der Waals surface area contributed by atoms with Gasteiger partial charge in [-0.15, -0.1) is 0 Å². The van der Waals surface area contributed by atoms with Gasteiger partial charge in [0.1, 0.15) is 0 Å². The van der Waals surface area contributed by atoms with Gasteiger partial charge in [-0.2, -0.15) is 0 Å². The molecule has 18 heavy (non-hydrogen) atoms. The molecule has 0 aliphatic heterocycles. The van der Waals surface area contributed by atoms with E-state index in [0.717, 1.165) is 26.8 Å². The number of nitrogens with zero attached hydrogens (tertiary/aromatic N) is 3. The van der Waals surface area contributed by atoms with E-state index in [-0.39, 0.29) is 0 Å². The molecule has 3 aromatic rings. The lowest BCUT2D eigenvalue weighted by molar-refractivity contribution is 1.20. The molecule has 4 heteroatoms. The number of benzene rings is 1. The second-order valence-electron chi connectivity index (χ2n) is 4.09. The molecule has 0 aliphatic rings. The molecule has 3 rings (SSSR count). The zero-order valence-electron chi connectivity index (χ0n) is 9.76. The van der Waals surface area contributed by atoms with Crippen LogP contribution in [-0.2, 0) is 0 Å². The number of pyridine rings is 1. The van der Waals surface area contributed by atoms with Crippen molar-refractivity contribution in [3.8, 4) is 11.4 Å². The van der Waals surface area contributed by atoms with Crippen molar-refractivity contribution in [2.45, 2.75) is 6.92 Å². The van der Waals surface area contributed by atoms with Crippen LogP contribution in [0.2, 0.25) is 0 Å². The van der Waals surface area contributed by atoms with Gasteiger partial charge in [-0.25, -0.2) is 9.97 Å². The van der Waals surface area contributed by atoms with Crippen molar-refractivity contribution in [1.29, 1.82) is 0 Å². The summed E-state index contributed by atoms with van der Waals surface area (Å²) in [5.74, 6) is 0.719. The SMILES string of the molecule is Cc1ccc(-c2ncc3ccncc3n2)cc1Br. The number of rotatable bonds is 1. The summed E-state index contributed by atoms with van der Waals surface area (Å²) in [6.45, 7) is 2.05. The maximum atomic E-state index is 4.52. The van der Waals surface area contributed by atoms with Crippen LogP contribution in [-0.4, -0.2) is 15.0 Å². The smallest absolute Gasteiger partial charge is 0.159 e. The van der Waals surface area contributed by atoms with Crippen LogP contribution >= 0.6 is 15.9 Å². The first kappa shape index (κ1) is 11.3. The maximum absolute atomic E-state index is 4.52. The van der Waals surface area contributed by atoms with Crippen molar-refractivity contribution in [2.75, 3.05) is 0 Å². The molecule has 0 spiro atoms. The van der Waals surface area contributed by atoms with Crippen LogP contribution in [0.15, 0.2) is 47.3 Å². The molecular weight excluding hydrogens is 290 g/mol. The summed E-state index contributed by atoms with van der Waals surface area (Å²) in [5, 5.41) is 1.000. The molecule has 3 nitrogen and oxygen atoms in total. The molecular formula is C14H10BrN3. The van der Waals surface area contributed by atoms with Crippen molar-refractivity contribution in [1.82, 2.24) is 15.0 Å². The van der Waals surface area contributed by atoms with Gasteiger partial charge in [-0.3, -0.25) is 4.98 Å². The number of aromatic nitrogens is 3. The Kier molecular flexibility index (Phi) is 2.80. The lowest BCUT2D eigenvalue weighted by Gasteiger charge is -2.04. The molecule has 0 saturated carbocycles. The monoisotopic (exact) mass is 299 g/mol. The van der Waals surface area contributed by atoms with Crippen molar-refractivity contribution < 1.29 is 0 Å². The van der Waals surface area contributed by atoms with E-state index >= 15 is 0 Å². The lowest BCUT2D eigenvalue weighted by Crippen LogP contribution is -1.91. The van der Waals surface area contributed by atoms with E-state index in [1.165, 1.54) is 5.56 Å². The molecule has 0 bridgehead atoms. The van der Waals surface area contributed by atoms with Crippen LogP contribution < -0.4 is 0 Å². The summed E-state index contributed by atoms with van der Waals surface area (Å²) >= 11 is 3.53. The summed E-state index contributed by atoms with van der Waals surface area (Å²) in [5.41, 5.74) is 3.05. The van der Waals surface area contributed by atoms with E-state index in [0.29, 0.717) is 0 Å². The molecule has 0 atom stereocenters. The van der Waals surface area contributed by atoms with Gasteiger partial charge in [0, 0.05) is 27.8 Å². The lowest BCUT2D eigenvalue weighted by atomic mass is 10.1. The van der Waals surface area contributed by atoms with Gasteiger partial charge in [0.15, 0.2) is 5.82 Å². The molecule has 0 radical (unpaired) electrons. The molecule has 1 aromatic carbocycles. The quantitative estimate of drug-likeness (QED) is 0.687. The Morgan fingerprint density at radius 2 is 2.00 bits per heavy atom. The zero-order valence-corrected chi connectivity index (χ0v) is 11.3. The van der Waals surface area contributed by atoms with Crippen LogP contribution in [0.5, 0.6) is 0 Å². The average molecular weight is 300 g/mol. The van der Waals surface area contributed by atoms with E-state index in [1.807, 2.05) is 24.4 Å². The summed E-state index contributed by atoms with van der Waals surface area (Å²) < 4.78 is 1.06. The van der Waals surface area contributed by atoms with E-state index < -0.39 is 0 Å². The minimum atomic E-state index is 0.719. The summed E-state index contributed by atoms with van der Waals surface area (Å²) in [6.07, 6.45) is 5.32. The Hall–Kier alpha value is -1.81. The first-order valence-electron chi connectivity index (χ1n) is 5.57. The highest BCUT2D eigenvalue weighted by Gasteiger charge is 2.04. The number of hydrogen-bond acceptors (Lipinski definition) is 3. The average Bonchev–Trinajstić information content (AvgIpc) is 2.41. The van der Waals surface area contributed by atoms with Crippen LogP contribution in [0.3, 0.4) is 0 Å². The Morgan fingerprint density at radius 1 is 1.11 bits per heavy atom. The predicted octanol–water partition coefficient (Wildman–Crippen LogP) is 3.76. The molecule has 0 unspecified atom stereocenters. The highest BCUT2D eigenvalue weighted by molar-refractivity contribution is 9.10. The molecule has 0 aliphatic carbocycles. The Morgan fingerprint density at radius 3 is 2.83 bits per heavy atom. The van der Waals surface area contributed by atoms with E-state index in [2.05, 4.69) is 43.9 Å². The third kappa shape index (κ3) is 1.99. The third-order valence-corrected chi connectivity index (χ3v) is 3.67. The van der Waals surface area contributed by atoms with Gasteiger partial charge in [0.05, 0.1) is 11.7 Å². The molecule has 0 amide bonds. The fourth-order valence-corrected chi connectivity index (χ4v) is 2.12. The Bertz CT molecular complexity index is 725. The van der Waals surface area contributed by atoms with E-state index in [1.54, 1.807) is 12.4 Å². The second kappa shape index (κ2) is 4.46. The van der Waals surface area contributed by atoms with Crippen molar-refractivity contribution in [3.05, 3.63) is 52.9 Å². The number of fused-ring (bicyclic) bond motifs is 1. The van der Waals surface area contributed by atoms with Crippen molar-refractivity contribution in [2.24, 2.45) is 0 Å².